The van der Waals surface area contributed by atoms with E-state index in [1.54, 1.807) is 0 Å². The van der Waals surface area contributed by atoms with Crippen LogP contribution in [-0.2, 0) is 6.42 Å². The number of carbonyl (C=O) groups excluding carboxylic acids is 1. The zero-order valence-electron chi connectivity index (χ0n) is 9.39. The molecule has 2 aromatic rings. The van der Waals surface area contributed by atoms with Crippen molar-refractivity contribution in [1.29, 1.82) is 0 Å². The minimum absolute atomic E-state index is 0.0245. The van der Waals surface area contributed by atoms with Crippen LogP contribution in [0.15, 0.2) is 54.6 Å². The van der Waals surface area contributed by atoms with Gasteiger partial charge in [-0.2, -0.15) is 0 Å². The van der Waals surface area contributed by atoms with E-state index in [0.717, 1.165) is 5.56 Å². The number of rotatable bonds is 3. The molecule has 2 aromatic carbocycles. The highest BCUT2D eigenvalue weighted by atomic mass is 16.1. The average Bonchev–Trinajstić information content (AvgIpc) is 2.40. The molecule has 0 N–H and O–H groups in total. The molecule has 2 rings (SSSR count). The van der Waals surface area contributed by atoms with Crippen LogP contribution in [0.4, 0.5) is 0 Å². The summed E-state index contributed by atoms with van der Waals surface area (Å²) < 4.78 is 0. The zero-order valence-corrected chi connectivity index (χ0v) is 9.39. The van der Waals surface area contributed by atoms with Gasteiger partial charge >= 0.3 is 0 Å². The Morgan fingerprint density at radius 3 is 2.35 bits per heavy atom. The van der Waals surface area contributed by atoms with Crippen molar-refractivity contribution < 1.29 is 4.79 Å². The van der Waals surface area contributed by atoms with Gasteiger partial charge in [0.25, 0.3) is 0 Å². The third-order valence-corrected chi connectivity index (χ3v) is 2.59. The highest BCUT2D eigenvalue weighted by Crippen LogP contribution is 2.14. The normalized spacial score (nSPS) is 9.59. The molecule has 0 saturated heterocycles. The Hall–Kier alpha value is -2.33. The first-order chi connectivity index (χ1) is 8.33. The van der Waals surface area contributed by atoms with E-state index in [9.17, 15) is 4.79 Å². The van der Waals surface area contributed by atoms with Gasteiger partial charge in [-0.3, -0.25) is 4.79 Å². The van der Waals surface area contributed by atoms with E-state index < -0.39 is 0 Å². The minimum Gasteiger partial charge on any atom is -0.289 e. The first-order valence-electron chi connectivity index (χ1n) is 5.44. The van der Waals surface area contributed by atoms with E-state index in [4.69, 9.17) is 6.42 Å². The highest BCUT2D eigenvalue weighted by molar-refractivity contribution is 6.09. The van der Waals surface area contributed by atoms with E-state index >= 15 is 0 Å². The minimum atomic E-state index is 0.0245. The van der Waals surface area contributed by atoms with Crippen LogP contribution in [0.25, 0.3) is 0 Å². The molecule has 0 amide bonds. The summed E-state index contributed by atoms with van der Waals surface area (Å²) >= 11 is 0. The summed E-state index contributed by atoms with van der Waals surface area (Å²) in [5.41, 5.74) is 2.29. The van der Waals surface area contributed by atoms with Gasteiger partial charge in [0.05, 0.1) is 0 Å². The average molecular weight is 220 g/mol. The fourth-order valence-corrected chi connectivity index (χ4v) is 1.75. The molecule has 17 heavy (non-hydrogen) atoms. The molecule has 0 heterocycles. The molecule has 0 aliphatic carbocycles. The van der Waals surface area contributed by atoms with Gasteiger partial charge < -0.3 is 0 Å². The maximum absolute atomic E-state index is 12.3. The molecule has 0 aromatic heterocycles. The number of benzene rings is 2. The van der Waals surface area contributed by atoms with Crippen molar-refractivity contribution in [3.63, 3.8) is 0 Å². The smallest absolute Gasteiger partial charge is 0.193 e. The topological polar surface area (TPSA) is 17.1 Å². The fraction of sp³-hybridized carbons (Fsp3) is 0.0625. The lowest BCUT2D eigenvalue weighted by Gasteiger charge is -2.05. The maximum Gasteiger partial charge on any atom is 0.193 e. The Kier molecular flexibility index (Phi) is 3.37. The lowest BCUT2D eigenvalue weighted by atomic mass is 9.97. The largest absolute Gasteiger partial charge is 0.289 e. The molecule has 0 atom stereocenters. The van der Waals surface area contributed by atoms with Crippen molar-refractivity contribution in [2.75, 3.05) is 0 Å². The molecular weight excluding hydrogens is 208 g/mol. The lowest BCUT2D eigenvalue weighted by Crippen LogP contribution is -2.04. The molecule has 0 saturated carbocycles. The van der Waals surface area contributed by atoms with E-state index in [1.165, 1.54) is 0 Å². The fourth-order valence-electron chi connectivity index (χ4n) is 1.75. The van der Waals surface area contributed by atoms with Crippen molar-refractivity contribution >= 4 is 5.78 Å². The molecule has 0 radical (unpaired) electrons. The highest BCUT2D eigenvalue weighted by Gasteiger charge is 2.11. The molecular formula is C16H12O. The maximum atomic E-state index is 12.3. The van der Waals surface area contributed by atoms with Crippen molar-refractivity contribution in [3.05, 3.63) is 71.3 Å². The molecule has 1 heteroatoms. The molecule has 0 aliphatic heterocycles. The first kappa shape index (κ1) is 11.2. The summed E-state index contributed by atoms with van der Waals surface area (Å²) in [6, 6.07) is 16.7. The molecule has 1 nitrogen and oxygen atoms in total. The van der Waals surface area contributed by atoms with Crippen LogP contribution in [0.1, 0.15) is 21.5 Å². The van der Waals surface area contributed by atoms with Crippen molar-refractivity contribution in [3.8, 4) is 12.3 Å². The van der Waals surface area contributed by atoms with E-state index in [0.29, 0.717) is 17.5 Å². The zero-order chi connectivity index (χ0) is 12.1. The number of terminal acetylenes is 1. The second-order valence-corrected chi connectivity index (χ2v) is 3.73. The Bertz CT molecular complexity index is 562. The van der Waals surface area contributed by atoms with Crippen LogP contribution in [0.3, 0.4) is 0 Å². The van der Waals surface area contributed by atoms with Crippen molar-refractivity contribution in [2.45, 2.75) is 6.42 Å². The van der Waals surface area contributed by atoms with Gasteiger partial charge in [0.2, 0.25) is 0 Å². The van der Waals surface area contributed by atoms with Gasteiger partial charge in [0.1, 0.15) is 0 Å². The third-order valence-electron chi connectivity index (χ3n) is 2.59. The Labute approximate surface area is 101 Å². The summed E-state index contributed by atoms with van der Waals surface area (Å²) in [5.74, 6) is 2.60. The predicted octanol–water partition coefficient (Wildman–Crippen LogP) is 3.09. The number of hydrogen-bond acceptors (Lipinski definition) is 1. The Morgan fingerprint density at radius 1 is 1.00 bits per heavy atom. The number of carbonyl (C=O) groups is 1. The van der Waals surface area contributed by atoms with Gasteiger partial charge in [0.15, 0.2) is 5.78 Å². The van der Waals surface area contributed by atoms with Crippen LogP contribution < -0.4 is 0 Å². The Morgan fingerprint density at radius 2 is 1.65 bits per heavy atom. The van der Waals surface area contributed by atoms with Gasteiger partial charge in [-0.1, -0.05) is 54.6 Å². The summed E-state index contributed by atoms with van der Waals surface area (Å²) in [6.07, 6.45) is 5.79. The van der Waals surface area contributed by atoms with Crippen LogP contribution in [0.2, 0.25) is 0 Å². The van der Waals surface area contributed by atoms with Crippen molar-refractivity contribution in [1.82, 2.24) is 0 Å². The molecule has 0 bridgehead atoms. The van der Waals surface area contributed by atoms with Crippen LogP contribution >= 0.6 is 0 Å². The second kappa shape index (κ2) is 5.14. The third kappa shape index (κ3) is 2.43. The number of ketones is 1. The first-order valence-corrected chi connectivity index (χ1v) is 5.44. The van der Waals surface area contributed by atoms with Gasteiger partial charge in [-0.15, -0.1) is 12.3 Å². The van der Waals surface area contributed by atoms with Gasteiger partial charge in [-0.05, 0) is 5.56 Å². The molecule has 0 aliphatic rings. The quantitative estimate of drug-likeness (QED) is 0.574. The van der Waals surface area contributed by atoms with Gasteiger partial charge in [0, 0.05) is 17.5 Å². The molecule has 0 fully saturated rings. The summed E-state index contributed by atoms with van der Waals surface area (Å²) in [4.78, 5) is 12.3. The van der Waals surface area contributed by atoms with E-state index in [2.05, 4.69) is 5.92 Å². The monoisotopic (exact) mass is 220 g/mol. The molecule has 0 unspecified atom stereocenters. The van der Waals surface area contributed by atoms with Gasteiger partial charge in [-0.25, -0.2) is 0 Å². The standard InChI is InChI=1S/C16H12O/c1-2-8-13-9-6-7-12-15(13)16(17)14-10-4-3-5-11-14/h1,3-7,9-12H,8H2. The Balaban J connectivity index is 2.42. The van der Waals surface area contributed by atoms with E-state index in [1.807, 2.05) is 54.6 Å². The number of hydrogen-bond donors (Lipinski definition) is 0. The predicted molar refractivity (Wildman–Crippen MR) is 68.9 cm³/mol. The summed E-state index contributed by atoms with van der Waals surface area (Å²) in [5, 5.41) is 0. The summed E-state index contributed by atoms with van der Waals surface area (Å²) in [6.45, 7) is 0. The second-order valence-electron chi connectivity index (χ2n) is 3.73. The SMILES string of the molecule is C#CCc1ccccc1C(=O)c1ccccc1. The van der Waals surface area contributed by atoms with Crippen molar-refractivity contribution in [2.24, 2.45) is 0 Å². The summed E-state index contributed by atoms with van der Waals surface area (Å²) in [7, 11) is 0. The van der Waals surface area contributed by atoms with Crippen LogP contribution in [-0.4, -0.2) is 5.78 Å². The van der Waals surface area contributed by atoms with Crippen LogP contribution in [0, 0.1) is 12.3 Å². The molecule has 0 spiro atoms. The van der Waals surface area contributed by atoms with E-state index in [-0.39, 0.29) is 5.78 Å². The molecule has 82 valence electrons. The van der Waals surface area contributed by atoms with Crippen LogP contribution in [0.5, 0.6) is 0 Å². The lowest BCUT2D eigenvalue weighted by molar-refractivity contribution is 0.103.